The zero-order valence-electron chi connectivity index (χ0n) is 11.2. The lowest BCUT2D eigenvalue weighted by molar-refractivity contribution is -0.387. The van der Waals surface area contributed by atoms with E-state index in [1.165, 1.54) is 12.1 Å². The number of halogens is 2. The summed E-state index contributed by atoms with van der Waals surface area (Å²) in [6.07, 6.45) is 0. The molecule has 0 aliphatic rings. The molecule has 0 heterocycles. The summed E-state index contributed by atoms with van der Waals surface area (Å²) < 4.78 is 13.4. The van der Waals surface area contributed by atoms with Gasteiger partial charge in [0, 0.05) is 23.4 Å². The normalized spacial score (nSPS) is 10.2. The summed E-state index contributed by atoms with van der Waals surface area (Å²) in [5.41, 5.74) is -1.12. The first-order valence-electron chi connectivity index (χ1n) is 5.99. The van der Waals surface area contributed by atoms with E-state index < -0.39 is 27.3 Å². The molecule has 0 fully saturated rings. The zero-order chi connectivity index (χ0) is 17.1. The lowest BCUT2D eigenvalue weighted by atomic mass is 10.2. The van der Waals surface area contributed by atoms with E-state index in [2.05, 4.69) is 21.2 Å². The Morgan fingerprint density at radius 2 is 1.70 bits per heavy atom. The largest absolute Gasteiger partial charge is 0.322 e. The molecule has 0 aliphatic heterocycles. The zero-order valence-corrected chi connectivity index (χ0v) is 12.7. The van der Waals surface area contributed by atoms with Crippen LogP contribution in [0.3, 0.4) is 0 Å². The van der Waals surface area contributed by atoms with Crippen LogP contribution < -0.4 is 5.32 Å². The highest BCUT2D eigenvalue weighted by molar-refractivity contribution is 9.10. The summed E-state index contributed by atoms with van der Waals surface area (Å²) in [7, 11) is 0. The van der Waals surface area contributed by atoms with Gasteiger partial charge < -0.3 is 5.32 Å². The van der Waals surface area contributed by atoms with E-state index in [1.54, 1.807) is 0 Å². The van der Waals surface area contributed by atoms with Crippen LogP contribution in [0, 0.1) is 26.0 Å². The summed E-state index contributed by atoms with van der Waals surface area (Å²) in [5.74, 6) is -1.76. The number of hydrogen-bond acceptors (Lipinski definition) is 5. The second-order valence-corrected chi connectivity index (χ2v) is 5.16. The number of hydrogen-bond donors (Lipinski definition) is 1. The Labute approximate surface area is 136 Å². The first-order chi connectivity index (χ1) is 10.8. The molecule has 8 nitrogen and oxygen atoms in total. The number of carbonyl (C=O) groups is 1. The summed E-state index contributed by atoms with van der Waals surface area (Å²) in [5, 5.41) is 23.8. The minimum Gasteiger partial charge on any atom is -0.322 e. The Morgan fingerprint density at radius 3 is 2.30 bits per heavy atom. The van der Waals surface area contributed by atoms with Crippen molar-refractivity contribution in [1.82, 2.24) is 0 Å². The summed E-state index contributed by atoms with van der Waals surface area (Å²) >= 11 is 2.99. The molecule has 0 atom stereocenters. The van der Waals surface area contributed by atoms with Crippen molar-refractivity contribution in [3.05, 3.63) is 72.5 Å². The first kappa shape index (κ1) is 16.5. The molecule has 0 bridgehead atoms. The molecule has 23 heavy (non-hydrogen) atoms. The van der Waals surface area contributed by atoms with Crippen LogP contribution in [-0.4, -0.2) is 15.8 Å². The molecule has 2 aromatic rings. The van der Waals surface area contributed by atoms with Gasteiger partial charge in [-0.3, -0.25) is 25.0 Å². The van der Waals surface area contributed by atoms with Gasteiger partial charge in [0.2, 0.25) is 5.82 Å². The summed E-state index contributed by atoms with van der Waals surface area (Å²) in [6, 6.07) is 6.58. The molecule has 10 heteroatoms. The van der Waals surface area contributed by atoms with Crippen LogP contribution in [0.15, 0.2) is 40.9 Å². The van der Waals surface area contributed by atoms with E-state index in [1.807, 2.05) is 0 Å². The number of nitro groups is 2. The highest BCUT2D eigenvalue weighted by Crippen LogP contribution is 2.26. The second-order valence-electron chi connectivity index (χ2n) is 4.30. The molecule has 0 saturated carbocycles. The molecular formula is C13H7BrFN3O5. The molecule has 118 valence electrons. The minimum atomic E-state index is -1.03. The highest BCUT2D eigenvalue weighted by Gasteiger charge is 2.18. The van der Waals surface area contributed by atoms with E-state index >= 15 is 0 Å². The van der Waals surface area contributed by atoms with Gasteiger partial charge in [0.1, 0.15) is 0 Å². The molecular weight excluding hydrogens is 377 g/mol. The van der Waals surface area contributed by atoms with Crippen LogP contribution in [-0.2, 0) is 0 Å². The minimum absolute atomic E-state index is 0.00586. The fraction of sp³-hybridized carbons (Fsp3) is 0. The molecule has 0 aromatic heterocycles. The maximum Gasteiger partial charge on any atom is 0.306 e. The van der Waals surface area contributed by atoms with Crippen molar-refractivity contribution in [2.45, 2.75) is 0 Å². The number of nitrogens with one attached hydrogen (secondary N) is 1. The fourth-order valence-electron chi connectivity index (χ4n) is 1.73. The number of nitrogens with zero attached hydrogens (tertiary/aromatic N) is 2. The van der Waals surface area contributed by atoms with Crippen molar-refractivity contribution in [2.75, 3.05) is 5.32 Å². The van der Waals surface area contributed by atoms with Crippen molar-refractivity contribution in [3.8, 4) is 0 Å². The average Bonchev–Trinajstić information content (AvgIpc) is 2.49. The van der Waals surface area contributed by atoms with Crippen molar-refractivity contribution < 1.29 is 19.0 Å². The third kappa shape index (κ3) is 3.66. The van der Waals surface area contributed by atoms with Gasteiger partial charge in [0.15, 0.2) is 0 Å². The van der Waals surface area contributed by atoms with Gasteiger partial charge in [-0.05, 0) is 40.2 Å². The van der Waals surface area contributed by atoms with E-state index in [4.69, 9.17) is 0 Å². The Hall–Kier alpha value is -2.88. The van der Waals surface area contributed by atoms with Crippen molar-refractivity contribution in [1.29, 1.82) is 0 Å². The molecule has 2 aromatic carbocycles. The molecule has 0 saturated heterocycles. The van der Waals surface area contributed by atoms with E-state index in [9.17, 15) is 29.4 Å². The SMILES string of the molecule is O=C(Nc1ccc(F)c([N+](=O)[O-])c1)c1ccc(Br)c([N+](=O)[O-])c1. The monoisotopic (exact) mass is 383 g/mol. The molecule has 1 amide bonds. The topological polar surface area (TPSA) is 115 Å². The number of benzene rings is 2. The number of amides is 1. The summed E-state index contributed by atoms with van der Waals surface area (Å²) in [6.45, 7) is 0. The van der Waals surface area contributed by atoms with Crippen LogP contribution >= 0.6 is 15.9 Å². The van der Waals surface area contributed by atoms with Crippen LogP contribution in [0.25, 0.3) is 0 Å². The van der Waals surface area contributed by atoms with Crippen LogP contribution in [0.1, 0.15) is 10.4 Å². The van der Waals surface area contributed by atoms with Crippen LogP contribution in [0.2, 0.25) is 0 Å². The molecule has 0 spiro atoms. The highest BCUT2D eigenvalue weighted by atomic mass is 79.9. The number of nitro benzene ring substituents is 2. The van der Waals surface area contributed by atoms with E-state index in [0.717, 1.165) is 24.3 Å². The van der Waals surface area contributed by atoms with Gasteiger partial charge in [-0.15, -0.1) is 0 Å². The van der Waals surface area contributed by atoms with Crippen molar-refractivity contribution in [2.24, 2.45) is 0 Å². The van der Waals surface area contributed by atoms with Gasteiger partial charge in [-0.1, -0.05) is 0 Å². The quantitative estimate of drug-likeness (QED) is 0.638. The number of carbonyl (C=O) groups excluding carboxylic acids is 1. The summed E-state index contributed by atoms with van der Waals surface area (Å²) in [4.78, 5) is 32.0. The van der Waals surface area contributed by atoms with Crippen LogP contribution in [0.5, 0.6) is 0 Å². The van der Waals surface area contributed by atoms with Gasteiger partial charge in [-0.2, -0.15) is 4.39 Å². The van der Waals surface area contributed by atoms with Gasteiger partial charge in [-0.25, -0.2) is 0 Å². The maximum absolute atomic E-state index is 13.2. The average molecular weight is 384 g/mol. The fourth-order valence-corrected chi connectivity index (χ4v) is 2.12. The maximum atomic E-state index is 13.2. The van der Waals surface area contributed by atoms with Gasteiger partial charge in [0.05, 0.1) is 14.3 Å². The third-order valence-corrected chi connectivity index (χ3v) is 3.48. The Bertz CT molecular complexity index is 827. The van der Waals surface area contributed by atoms with Gasteiger partial charge in [0.25, 0.3) is 11.6 Å². The van der Waals surface area contributed by atoms with Crippen molar-refractivity contribution >= 4 is 38.9 Å². The predicted molar refractivity (Wildman–Crippen MR) is 81.8 cm³/mol. The Kier molecular flexibility index (Phi) is 4.65. The standard InChI is InChI=1S/C13H7BrFN3O5/c14-9-3-1-7(5-11(9)17(20)21)13(19)16-8-2-4-10(15)12(6-8)18(22)23/h1-6H,(H,16,19). The first-order valence-corrected chi connectivity index (χ1v) is 6.78. The Morgan fingerprint density at radius 1 is 1.04 bits per heavy atom. The second kappa shape index (κ2) is 6.48. The smallest absolute Gasteiger partial charge is 0.306 e. The number of anilines is 1. The van der Waals surface area contributed by atoms with E-state index in [-0.39, 0.29) is 21.4 Å². The predicted octanol–water partition coefficient (Wildman–Crippen LogP) is 3.66. The van der Waals surface area contributed by atoms with Crippen molar-refractivity contribution in [3.63, 3.8) is 0 Å². The van der Waals surface area contributed by atoms with Gasteiger partial charge >= 0.3 is 5.69 Å². The number of rotatable bonds is 4. The van der Waals surface area contributed by atoms with E-state index in [0.29, 0.717) is 0 Å². The lowest BCUT2D eigenvalue weighted by Crippen LogP contribution is -2.12. The molecule has 2 rings (SSSR count). The van der Waals surface area contributed by atoms with Crippen LogP contribution in [0.4, 0.5) is 21.5 Å². The molecule has 0 radical (unpaired) electrons. The third-order valence-electron chi connectivity index (χ3n) is 2.81. The Balaban J connectivity index is 2.29. The lowest BCUT2D eigenvalue weighted by Gasteiger charge is -2.06. The molecule has 0 aliphatic carbocycles. The molecule has 1 N–H and O–H groups in total. The molecule has 0 unspecified atom stereocenters.